The lowest BCUT2D eigenvalue weighted by Gasteiger charge is -2.21. The molecule has 0 atom stereocenters. The third kappa shape index (κ3) is 2.16. The van der Waals surface area contributed by atoms with Crippen molar-refractivity contribution in [1.29, 1.82) is 0 Å². The Hall–Kier alpha value is -2.03. The van der Waals surface area contributed by atoms with Gasteiger partial charge in [0.2, 0.25) is 0 Å². The predicted octanol–water partition coefficient (Wildman–Crippen LogP) is 4.20. The molecule has 0 unspecified atom stereocenters. The lowest BCUT2D eigenvalue weighted by molar-refractivity contribution is 0.131. The molecule has 0 bridgehead atoms. The molecule has 0 aliphatic carbocycles. The van der Waals surface area contributed by atoms with E-state index in [9.17, 15) is 0 Å². The summed E-state index contributed by atoms with van der Waals surface area (Å²) >= 11 is 0. The number of H-pyrrole nitrogens is 1. The summed E-state index contributed by atoms with van der Waals surface area (Å²) in [5, 5.41) is 2.42. The van der Waals surface area contributed by atoms with Gasteiger partial charge < -0.3 is 9.72 Å². The topological polar surface area (TPSA) is 37.9 Å². The molecule has 0 spiro atoms. The fourth-order valence-electron chi connectivity index (χ4n) is 2.36. The van der Waals surface area contributed by atoms with Gasteiger partial charge in [0.05, 0.1) is 16.7 Å². The van der Waals surface area contributed by atoms with Gasteiger partial charge in [0.25, 0.3) is 0 Å². The average molecular weight is 254 g/mol. The maximum Gasteiger partial charge on any atom is 0.122 e. The Labute approximate surface area is 112 Å². The molecule has 1 N–H and O–H groups in total. The third-order valence-electron chi connectivity index (χ3n) is 3.11. The van der Waals surface area contributed by atoms with E-state index in [2.05, 4.69) is 42.9 Å². The van der Waals surface area contributed by atoms with Crippen molar-refractivity contribution in [3.8, 4) is 5.75 Å². The van der Waals surface area contributed by atoms with Crippen molar-refractivity contribution in [3.05, 3.63) is 36.2 Å². The zero-order valence-electron chi connectivity index (χ0n) is 11.7. The van der Waals surface area contributed by atoms with Gasteiger partial charge in [-0.3, -0.25) is 4.98 Å². The minimum Gasteiger partial charge on any atom is -0.488 e. The zero-order chi connectivity index (χ0) is 13.6. The van der Waals surface area contributed by atoms with Gasteiger partial charge in [-0.25, -0.2) is 0 Å². The van der Waals surface area contributed by atoms with Crippen LogP contribution in [0.5, 0.6) is 5.75 Å². The summed E-state index contributed by atoms with van der Waals surface area (Å²) in [6.07, 6.45) is 1.85. The van der Waals surface area contributed by atoms with Crippen LogP contribution in [-0.2, 0) is 0 Å². The highest BCUT2D eigenvalue weighted by Crippen LogP contribution is 2.30. The Bertz CT molecular complexity index is 750. The second-order valence-corrected chi connectivity index (χ2v) is 5.87. The predicted molar refractivity (Wildman–Crippen MR) is 78.7 cm³/mol. The molecule has 0 amide bonds. The second-order valence-electron chi connectivity index (χ2n) is 5.87. The van der Waals surface area contributed by atoms with Gasteiger partial charge in [-0.2, -0.15) is 0 Å². The zero-order valence-corrected chi connectivity index (χ0v) is 11.7. The summed E-state index contributed by atoms with van der Waals surface area (Å²) in [7, 11) is 0. The SMILES string of the molecule is Cc1nccc2c1[nH]c1cc(OC(C)(C)C)ccc12. The molecule has 2 aromatic heterocycles. The molecule has 3 aromatic rings. The van der Waals surface area contributed by atoms with E-state index < -0.39 is 0 Å². The molecule has 98 valence electrons. The van der Waals surface area contributed by atoms with E-state index in [-0.39, 0.29) is 5.60 Å². The summed E-state index contributed by atoms with van der Waals surface area (Å²) in [5.41, 5.74) is 3.03. The van der Waals surface area contributed by atoms with Gasteiger partial charge in [0.1, 0.15) is 11.4 Å². The van der Waals surface area contributed by atoms with E-state index in [0.29, 0.717) is 0 Å². The minimum absolute atomic E-state index is 0.183. The van der Waals surface area contributed by atoms with E-state index in [0.717, 1.165) is 22.5 Å². The average Bonchev–Trinajstić information content (AvgIpc) is 2.66. The van der Waals surface area contributed by atoms with Gasteiger partial charge in [-0.15, -0.1) is 0 Å². The molecule has 19 heavy (non-hydrogen) atoms. The van der Waals surface area contributed by atoms with Crippen molar-refractivity contribution < 1.29 is 4.74 Å². The van der Waals surface area contributed by atoms with Crippen LogP contribution in [0.2, 0.25) is 0 Å². The van der Waals surface area contributed by atoms with Crippen molar-refractivity contribution in [1.82, 2.24) is 9.97 Å². The second kappa shape index (κ2) is 3.98. The first-order valence-corrected chi connectivity index (χ1v) is 6.50. The highest BCUT2D eigenvalue weighted by atomic mass is 16.5. The molecule has 0 fully saturated rings. The first kappa shape index (κ1) is 12.0. The lowest BCUT2D eigenvalue weighted by atomic mass is 10.1. The minimum atomic E-state index is -0.183. The Morgan fingerprint density at radius 2 is 1.89 bits per heavy atom. The monoisotopic (exact) mass is 254 g/mol. The van der Waals surface area contributed by atoms with Gasteiger partial charge in [-0.1, -0.05) is 0 Å². The first-order chi connectivity index (χ1) is 8.94. The number of hydrogen-bond acceptors (Lipinski definition) is 2. The molecule has 0 aliphatic rings. The van der Waals surface area contributed by atoms with Crippen LogP contribution >= 0.6 is 0 Å². The fourth-order valence-corrected chi connectivity index (χ4v) is 2.36. The van der Waals surface area contributed by atoms with Crippen LogP contribution in [-0.4, -0.2) is 15.6 Å². The van der Waals surface area contributed by atoms with E-state index in [4.69, 9.17) is 4.74 Å². The molecule has 2 heterocycles. The number of aromatic amines is 1. The maximum absolute atomic E-state index is 5.90. The number of fused-ring (bicyclic) bond motifs is 3. The van der Waals surface area contributed by atoms with E-state index >= 15 is 0 Å². The maximum atomic E-state index is 5.90. The van der Waals surface area contributed by atoms with E-state index in [1.165, 1.54) is 10.8 Å². The number of nitrogens with zero attached hydrogens (tertiary/aromatic N) is 1. The standard InChI is InChI=1S/C16H18N2O/c1-10-15-13(7-8-17-10)12-6-5-11(9-14(12)18-15)19-16(2,3)4/h5-9,18H,1-4H3. The summed E-state index contributed by atoms with van der Waals surface area (Å²) in [6.45, 7) is 8.17. The number of pyridine rings is 1. The Morgan fingerprint density at radius 3 is 2.63 bits per heavy atom. The number of rotatable bonds is 1. The number of aryl methyl sites for hydroxylation is 1. The van der Waals surface area contributed by atoms with Crippen LogP contribution < -0.4 is 4.74 Å². The normalized spacial score (nSPS) is 12.2. The quantitative estimate of drug-likeness (QED) is 0.706. The molecule has 0 radical (unpaired) electrons. The smallest absolute Gasteiger partial charge is 0.122 e. The van der Waals surface area contributed by atoms with Gasteiger partial charge in [-0.05, 0) is 45.9 Å². The molecule has 3 rings (SSSR count). The van der Waals surface area contributed by atoms with Crippen molar-refractivity contribution in [2.75, 3.05) is 0 Å². The van der Waals surface area contributed by atoms with Crippen molar-refractivity contribution in [2.45, 2.75) is 33.3 Å². The number of benzene rings is 1. The largest absolute Gasteiger partial charge is 0.488 e. The number of aromatic nitrogens is 2. The summed E-state index contributed by atoms with van der Waals surface area (Å²) < 4.78 is 5.90. The summed E-state index contributed by atoms with van der Waals surface area (Å²) in [4.78, 5) is 7.75. The van der Waals surface area contributed by atoms with Gasteiger partial charge in [0.15, 0.2) is 0 Å². The summed E-state index contributed by atoms with van der Waals surface area (Å²) in [6, 6.07) is 8.23. The molecule has 0 saturated carbocycles. The number of hydrogen-bond donors (Lipinski definition) is 1. The Balaban J connectivity index is 2.19. The van der Waals surface area contributed by atoms with Crippen molar-refractivity contribution in [3.63, 3.8) is 0 Å². The molecule has 3 heteroatoms. The fraction of sp³-hybridized carbons (Fsp3) is 0.312. The van der Waals surface area contributed by atoms with E-state index in [1.54, 1.807) is 0 Å². The van der Waals surface area contributed by atoms with Crippen molar-refractivity contribution in [2.24, 2.45) is 0 Å². The Morgan fingerprint density at radius 1 is 1.11 bits per heavy atom. The first-order valence-electron chi connectivity index (χ1n) is 6.50. The number of nitrogens with one attached hydrogen (secondary N) is 1. The molecule has 3 nitrogen and oxygen atoms in total. The van der Waals surface area contributed by atoms with Crippen LogP contribution in [0.1, 0.15) is 26.5 Å². The molecule has 0 saturated heterocycles. The third-order valence-corrected chi connectivity index (χ3v) is 3.11. The van der Waals surface area contributed by atoms with Crippen LogP contribution in [0.15, 0.2) is 30.5 Å². The van der Waals surface area contributed by atoms with Crippen LogP contribution in [0.4, 0.5) is 0 Å². The molecule has 1 aromatic carbocycles. The van der Waals surface area contributed by atoms with Gasteiger partial charge >= 0.3 is 0 Å². The highest BCUT2D eigenvalue weighted by Gasteiger charge is 2.13. The van der Waals surface area contributed by atoms with Crippen LogP contribution in [0.25, 0.3) is 21.8 Å². The molecular weight excluding hydrogens is 236 g/mol. The van der Waals surface area contributed by atoms with Crippen LogP contribution in [0, 0.1) is 6.92 Å². The molecular formula is C16H18N2O. The summed E-state index contributed by atoms with van der Waals surface area (Å²) in [5.74, 6) is 0.886. The van der Waals surface area contributed by atoms with Crippen molar-refractivity contribution >= 4 is 21.8 Å². The highest BCUT2D eigenvalue weighted by molar-refractivity contribution is 6.08. The number of ether oxygens (including phenoxy) is 1. The molecule has 0 aliphatic heterocycles. The van der Waals surface area contributed by atoms with Gasteiger partial charge in [0, 0.05) is 23.0 Å². The lowest BCUT2D eigenvalue weighted by Crippen LogP contribution is -2.22. The van der Waals surface area contributed by atoms with E-state index in [1.807, 2.05) is 25.3 Å². The van der Waals surface area contributed by atoms with Crippen LogP contribution in [0.3, 0.4) is 0 Å². The Kier molecular flexibility index (Phi) is 2.52.